The molecule has 112 valence electrons. The van der Waals surface area contributed by atoms with Gasteiger partial charge in [0, 0.05) is 29.8 Å². The molecular weight excluding hydrogens is 302 g/mol. The number of aromatic nitrogens is 2. The van der Waals surface area contributed by atoms with E-state index in [9.17, 15) is 9.59 Å². The molecule has 1 N–H and O–H groups in total. The van der Waals surface area contributed by atoms with E-state index in [2.05, 4.69) is 14.8 Å². The zero-order valence-corrected chi connectivity index (χ0v) is 12.4. The van der Waals surface area contributed by atoms with Crippen molar-refractivity contribution in [3.63, 3.8) is 0 Å². The van der Waals surface area contributed by atoms with E-state index in [4.69, 9.17) is 0 Å². The summed E-state index contributed by atoms with van der Waals surface area (Å²) in [6.45, 7) is 0.995. The summed E-state index contributed by atoms with van der Waals surface area (Å²) in [7, 11) is 0. The number of carbonyl (C=O) groups excluding carboxylic acids is 1. The summed E-state index contributed by atoms with van der Waals surface area (Å²) in [6, 6.07) is 6.61. The molecule has 22 heavy (non-hydrogen) atoms. The van der Waals surface area contributed by atoms with Crippen molar-refractivity contribution in [2.75, 3.05) is 6.54 Å². The van der Waals surface area contributed by atoms with E-state index in [0.717, 1.165) is 17.5 Å². The average Bonchev–Trinajstić information content (AvgIpc) is 3.19. The molecule has 6 nitrogen and oxygen atoms in total. The molecule has 0 aromatic carbocycles. The van der Waals surface area contributed by atoms with Crippen LogP contribution in [0.4, 0.5) is 0 Å². The molecule has 3 aromatic rings. The second-order valence-corrected chi connectivity index (χ2v) is 5.36. The van der Waals surface area contributed by atoms with Crippen LogP contribution in [0.2, 0.25) is 0 Å². The molecule has 0 fully saturated rings. The molecule has 3 heterocycles. The van der Waals surface area contributed by atoms with E-state index in [1.807, 2.05) is 29.1 Å². The van der Waals surface area contributed by atoms with Crippen molar-refractivity contribution >= 4 is 17.2 Å². The van der Waals surface area contributed by atoms with Crippen LogP contribution in [0.25, 0.3) is 11.3 Å². The Morgan fingerprint density at radius 2 is 2.23 bits per heavy atom. The first-order valence-corrected chi connectivity index (χ1v) is 7.60. The number of nitrogens with zero attached hydrogens (tertiary/aromatic N) is 2. The molecule has 0 saturated carbocycles. The Morgan fingerprint density at radius 1 is 1.32 bits per heavy atom. The third kappa shape index (κ3) is 3.32. The highest BCUT2D eigenvalue weighted by atomic mass is 32.1. The summed E-state index contributed by atoms with van der Waals surface area (Å²) in [4.78, 5) is 22.7. The van der Waals surface area contributed by atoms with Crippen molar-refractivity contribution in [3.8, 4) is 11.3 Å². The fraction of sp³-hybridized carbons (Fsp3) is 0.133. The van der Waals surface area contributed by atoms with Gasteiger partial charge < -0.3 is 9.73 Å². The summed E-state index contributed by atoms with van der Waals surface area (Å²) >= 11 is 1.63. The lowest BCUT2D eigenvalue weighted by atomic mass is 10.2. The molecule has 0 radical (unpaired) electrons. The van der Waals surface area contributed by atoms with Crippen LogP contribution < -0.4 is 10.9 Å². The van der Waals surface area contributed by atoms with E-state index in [1.165, 1.54) is 12.1 Å². The largest absolute Gasteiger partial charge is 0.430 e. The number of nitrogens with one attached hydrogen (secondary N) is 1. The average molecular weight is 315 g/mol. The number of carbonyl (C=O) groups is 1. The molecular formula is C15H13N3O3S. The molecule has 0 saturated heterocycles. The van der Waals surface area contributed by atoms with E-state index < -0.39 is 5.63 Å². The van der Waals surface area contributed by atoms with Gasteiger partial charge in [-0.1, -0.05) is 0 Å². The third-order valence-electron chi connectivity index (χ3n) is 3.05. The second-order valence-electron chi connectivity index (χ2n) is 4.58. The topological polar surface area (TPSA) is 77.1 Å². The van der Waals surface area contributed by atoms with Gasteiger partial charge in [-0.05, 0) is 23.6 Å². The van der Waals surface area contributed by atoms with Crippen molar-refractivity contribution < 1.29 is 9.21 Å². The molecule has 7 heteroatoms. The SMILES string of the molecule is O=C(NCCn1ccc(-c2ccsc2)n1)c1ccc(=O)oc1. The highest BCUT2D eigenvalue weighted by Crippen LogP contribution is 2.19. The molecule has 0 aliphatic carbocycles. The highest BCUT2D eigenvalue weighted by molar-refractivity contribution is 7.08. The standard InChI is InChI=1S/C15H13N3O3S/c19-14-2-1-11(9-21-14)15(20)16-5-7-18-6-3-13(17-18)12-4-8-22-10-12/h1-4,6,8-10H,5,7H2,(H,16,20). The Bertz CT molecular complexity index is 800. The minimum atomic E-state index is -0.478. The monoisotopic (exact) mass is 315 g/mol. The molecule has 3 aromatic heterocycles. The zero-order chi connectivity index (χ0) is 15.4. The van der Waals surface area contributed by atoms with Gasteiger partial charge in [0.05, 0.1) is 17.8 Å². The molecule has 0 atom stereocenters. The summed E-state index contributed by atoms with van der Waals surface area (Å²) in [5, 5.41) is 11.2. The predicted octanol–water partition coefficient (Wildman–Crippen LogP) is 1.99. The van der Waals surface area contributed by atoms with Gasteiger partial charge in [-0.2, -0.15) is 16.4 Å². The van der Waals surface area contributed by atoms with E-state index >= 15 is 0 Å². The lowest BCUT2D eigenvalue weighted by Crippen LogP contribution is -2.27. The van der Waals surface area contributed by atoms with E-state index in [0.29, 0.717) is 18.7 Å². The van der Waals surface area contributed by atoms with Crippen LogP contribution in [-0.2, 0) is 6.54 Å². The summed E-state index contributed by atoms with van der Waals surface area (Å²) in [5.41, 5.74) is 1.84. The smallest absolute Gasteiger partial charge is 0.335 e. The maximum Gasteiger partial charge on any atom is 0.335 e. The van der Waals surface area contributed by atoms with Crippen LogP contribution in [0.5, 0.6) is 0 Å². The van der Waals surface area contributed by atoms with Crippen LogP contribution in [0.3, 0.4) is 0 Å². The Labute approximate surface area is 130 Å². The van der Waals surface area contributed by atoms with Gasteiger partial charge in [-0.15, -0.1) is 0 Å². The zero-order valence-electron chi connectivity index (χ0n) is 11.6. The molecule has 0 unspecified atom stereocenters. The first-order valence-electron chi connectivity index (χ1n) is 6.65. The van der Waals surface area contributed by atoms with Crippen molar-refractivity contribution in [1.82, 2.24) is 15.1 Å². The lowest BCUT2D eigenvalue weighted by molar-refractivity contribution is 0.0949. The first kappa shape index (κ1) is 14.3. The molecule has 1 amide bonds. The third-order valence-corrected chi connectivity index (χ3v) is 3.73. The molecule has 0 aliphatic heterocycles. The van der Waals surface area contributed by atoms with Gasteiger partial charge in [-0.3, -0.25) is 9.48 Å². The maximum absolute atomic E-state index is 11.8. The van der Waals surface area contributed by atoms with Crippen LogP contribution >= 0.6 is 11.3 Å². The fourth-order valence-electron chi connectivity index (χ4n) is 1.92. The van der Waals surface area contributed by atoms with Crippen LogP contribution in [-0.4, -0.2) is 22.2 Å². The minimum absolute atomic E-state index is 0.283. The summed E-state index contributed by atoms with van der Waals surface area (Å²) in [5.74, 6) is -0.283. The van der Waals surface area contributed by atoms with Crippen molar-refractivity contribution in [2.45, 2.75) is 6.54 Å². The van der Waals surface area contributed by atoms with Crippen molar-refractivity contribution in [2.24, 2.45) is 0 Å². The minimum Gasteiger partial charge on any atom is -0.430 e. The Hall–Kier alpha value is -2.67. The van der Waals surface area contributed by atoms with E-state index in [1.54, 1.807) is 16.0 Å². The maximum atomic E-state index is 11.8. The summed E-state index contributed by atoms with van der Waals surface area (Å²) < 4.78 is 6.43. The summed E-state index contributed by atoms with van der Waals surface area (Å²) in [6.07, 6.45) is 3.03. The van der Waals surface area contributed by atoms with Gasteiger partial charge in [0.25, 0.3) is 5.91 Å². The number of amides is 1. The molecule has 0 bridgehead atoms. The van der Waals surface area contributed by atoms with Crippen molar-refractivity contribution in [1.29, 1.82) is 0 Å². The quantitative estimate of drug-likeness (QED) is 0.781. The van der Waals surface area contributed by atoms with Gasteiger partial charge in [0.1, 0.15) is 6.26 Å². The molecule has 3 rings (SSSR count). The second kappa shape index (κ2) is 6.40. The van der Waals surface area contributed by atoms with Crippen LogP contribution in [0, 0.1) is 0 Å². The predicted molar refractivity (Wildman–Crippen MR) is 82.9 cm³/mol. The Kier molecular flexibility index (Phi) is 4.15. The number of hydrogen-bond acceptors (Lipinski definition) is 5. The lowest BCUT2D eigenvalue weighted by Gasteiger charge is -2.04. The van der Waals surface area contributed by atoms with Crippen LogP contribution in [0.15, 0.2) is 56.7 Å². The van der Waals surface area contributed by atoms with Gasteiger partial charge in [0.2, 0.25) is 0 Å². The Balaban J connectivity index is 1.54. The first-order chi connectivity index (χ1) is 10.7. The number of rotatable bonds is 5. The van der Waals surface area contributed by atoms with E-state index in [-0.39, 0.29) is 5.91 Å². The normalized spacial score (nSPS) is 10.5. The van der Waals surface area contributed by atoms with Gasteiger partial charge >= 0.3 is 5.63 Å². The molecule has 0 spiro atoms. The number of thiophene rings is 1. The molecule has 0 aliphatic rings. The highest BCUT2D eigenvalue weighted by Gasteiger charge is 2.06. The van der Waals surface area contributed by atoms with Crippen molar-refractivity contribution in [3.05, 3.63) is 63.5 Å². The van der Waals surface area contributed by atoms with Crippen LogP contribution in [0.1, 0.15) is 10.4 Å². The fourth-order valence-corrected chi connectivity index (χ4v) is 2.57. The number of hydrogen-bond donors (Lipinski definition) is 1. The Morgan fingerprint density at radius 3 is 2.95 bits per heavy atom. The van der Waals surface area contributed by atoms with Gasteiger partial charge in [0.15, 0.2) is 0 Å². The van der Waals surface area contributed by atoms with Gasteiger partial charge in [-0.25, -0.2) is 4.79 Å².